The molecule has 0 heterocycles. The fourth-order valence-electron chi connectivity index (χ4n) is 11.5. The van der Waals surface area contributed by atoms with E-state index in [4.69, 9.17) is 64.2 Å². The first-order valence-electron chi connectivity index (χ1n) is 26.0. The van der Waals surface area contributed by atoms with Gasteiger partial charge in [0.1, 0.15) is 0 Å². The van der Waals surface area contributed by atoms with Crippen LogP contribution in [0.3, 0.4) is 0 Å². The van der Waals surface area contributed by atoms with Gasteiger partial charge < -0.3 is 0 Å². The minimum atomic E-state index is 0.565. The van der Waals surface area contributed by atoms with E-state index >= 15 is 0 Å². The van der Waals surface area contributed by atoms with E-state index in [0.29, 0.717) is 55.6 Å². The van der Waals surface area contributed by atoms with E-state index in [1.54, 1.807) is 0 Å². The summed E-state index contributed by atoms with van der Waals surface area (Å²) in [6.07, 6.45) is 62.1. The molecule has 0 unspecified atom stereocenters. The highest BCUT2D eigenvalue weighted by Gasteiger charge is 2.24. The van der Waals surface area contributed by atoms with Gasteiger partial charge in [0, 0.05) is 55.6 Å². The van der Waals surface area contributed by atoms with Gasteiger partial charge in [-0.1, -0.05) is 193 Å². The molecule has 0 heteroatoms. The SMILES string of the molecule is C#Cc1cccc(-c2ccc(-c3cc(-c4ccc(-c5cccc(C#C)c5C#C)cc4-c4cccc(C#C)c4C#C)cc(-c4c5ccccc5c(-c5cccc(C#C)c5C#C)c5ccccc45)c3)c(-c3cccc(C#C)c3C#C)c2)c1C#C. The summed E-state index contributed by atoms with van der Waals surface area (Å²) in [5.74, 6) is 28.6. The number of hydrogen-bond donors (Lipinski definition) is 0. The summed E-state index contributed by atoms with van der Waals surface area (Å²) >= 11 is 0. The monoisotopic (exact) mass is 1030 g/mol. The molecule has 0 saturated heterocycles. The lowest BCUT2D eigenvalue weighted by atomic mass is 9.81. The lowest BCUT2D eigenvalue weighted by Gasteiger charge is -2.22. The number of hydrogen-bond acceptors (Lipinski definition) is 0. The molecule has 0 nitrogen and oxygen atoms in total. The first-order chi connectivity index (χ1) is 40.3. The van der Waals surface area contributed by atoms with Gasteiger partial charge in [-0.05, 0) is 171 Å². The smallest absolute Gasteiger partial charge is 0.0477 e. The van der Waals surface area contributed by atoms with Crippen molar-refractivity contribution in [2.75, 3.05) is 0 Å². The Kier molecular flexibility index (Phi) is 13.8. The molecule has 11 aromatic rings. The third-order valence-corrected chi connectivity index (χ3v) is 15.1. The minimum Gasteiger partial charge on any atom is -0.115 e. The zero-order chi connectivity index (χ0) is 57.0. The van der Waals surface area contributed by atoms with E-state index < -0.39 is 0 Å². The molecule has 370 valence electrons. The van der Waals surface area contributed by atoms with E-state index in [9.17, 15) is 0 Å². The lowest BCUT2D eigenvalue weighted by molar-refractivity contribution is 1.50. The van der Waals surface area contributed by atoms with Crippen molar-refractivity contribution >= 4 is 21.5 Å². The molecular weight excluding hydrogens is 985 g/mol. The van der Waals surface area contributed by atoms with Crippen molar-refractivity contribution in [2.45, 2.75) is 0 Å². The summed E-state index contributed by atoms with van der Waals surface area (Å²) in [7, 11) is 0. The summed E-state index contributed by atoms with van der Waals surface area (Å²) < 4.78 is 0. The topological polar surface area (TPSA) is 0 Å². The van der Waals surface area contributed by atoms with Gasteiger partial charge in [-0.25, -0.2) is 0 Å². The van der Waals surface area contributed by atoms with Crippen molar-refractivity contribution in [2.24, 2.45) is 0 Å². The highest BCUT2D eigenvalue weighted by atomic mass is 14.3. The van der Waals surface area contributed by atoms with Crippen molar-refractivity contribution in [1.82, 2.24) is 0 Å². The van der Waals surface area contributed by atoms with Crippen molar-refractivity contribution in [3.63, 3.8) is 0 Å². The van der Waals surface area contributed by atoms with Gasteiger partial charge in [0.15, 0.2) is 0 Å². The minimum absolute atomic E-state index is 0.565. The maximum Gasteiger partial charge on any atom is 0.0477 e. The van der Waals surface area contributed by atoms with Gasteiger partial charge in [0.05, 0.1) is 0 Å². The van der Waals surface area contributed by atoms with Crippen LogP contribution in [-0.2, 0) is 0 Å². The van der Waals surface area contributed by atoms with Crippen molar-refractivity contribution in [3.8, 4) is 212 Å². The predicted molar refractivity (Wildman–Crippen MR) is 344 cm³/mol. The van der Waals surface area contributed by atoms with Crippen LogP contribution >= 0.6 is 0 Å². The van der Waals surface area contributed by atoms with Crippen LogP contribution in [0.2, 0.25) is 0 Å². The molecule has 0 aromatic heterocycles. The second-order valence-corrected chi connectivity index (χ2v) is 19.2. The van der Waals surface area contributed by atoms with E-state index in [-0.39, 0.29) is 0 Å². The standard InChI is InChI=1S/C82H42/c1-11-53-30-25-39-68(63(53)16-6)58-44-46-70(79(51-58)72-41-27-32-55(13-3)65(72)18-8)60-48-61(71-47-45-59(69-40-26-31-54(12-2)64(69)17-7)52-80(71)73-42-28-33-56(14-4)66(73)19-9)50-62(49-60)81-75-35-21-23-37-77(75)82(78-38-24-22-36-76(78)81)74-43-29-34-57(15-5)67(74)20-10/h1-10,21-52H. The van der Waals surface area contributed by atoms with Gasteiger partial charge in [0.2, 0.25) is 0 Å². The number of terminal acetylenes is 10. The van der Waals surface area contributed by atoms with Crippen LogP contribution in [0.15, 0.2) is 194 Å². The molecule has 0 saturated carbocycles. The molecule has 0 aliphatic rings. The van der Waals surface area contributed by atoms with Crippen LogP contribution in [0.1, 0.15) is 55.6 Å². The molecular formula is C82H42. The largest absolute Gasteiger partial charge is 0.115 e. The molecule has 11 rings (SSSR count). The molecule has 0 aliphatic carbocycles. The Morgan fingerprint density at radius 1 is 0.183 bits per heavy atom. The zero-order valence-corrected chi connectivity index (χ0v) is 44.2. The first-order valence-corrected chi connectivity index (χ1v) is 26.0. The molecule has 82 heavy (non-hydrogen) atoms. The third-order valence-electron chi connectivity index (χ3n) is 15.1. The summed E-state index contributed by atoms with van der Waals surface area (Å²) in [6, 6.07) is 64.9. The average Bonchev–Trinajstić information content (AvgIpc) is 2.70. The van der Waals surface area contributed by atoms with E-state index in [1.807, 2.05) is 103 Å². The normalized spacial score (nSPS) is 10.3. The Morgan fingerprint density at radius 3 is 0.817 bits per heavy atom. The average molecular weight is 1030 g/mol. The molecule has 11 aromatic carbocycles. The van der Waals surface area contributed by atoms with Crippen molar-refractivity contribution in [1.29, 1.82) is 0 Å². The molecule has 0 radical (unpaired) electrons. The van der Waals surface area contributed by atoms with Crippen LogP contribution in [0.25, 0.3) is 111 Å². The van der Waals surface area contributed by atoms with Crippen LogP contribution < -0.4 is 0 Å². The lowest BCUT2D eigenvalue weighted by Crippen LogP contribution is -1.97. The van der Waals surface area contributed by atoms with Gasteiger partial charge in [-0.3, -0.25) is 0 Å². The van der Waals surface area contributed by atoms with Gasteiger partial charge in [0.25, 0.3) is 0 Å². The van der Waals surface area contributed by atoms with Gasteiger partial charge in [-0.2, -0.15) is 0 Å². The quantitative estimate of drug-likeness (QED) is 0.105. The summed E-state index contributed by atoms with van der Waals surface area (Å²) in [5, 5.41) is 3.93. The maximum atomic E-state index is 6.42. The van der Waals surface area contributed by atoms with Crippen LogP contribution in [-0.4, -0.2) is 0 Å². The first kappa shape index (κ1) is 51.6. The van der Waals surface area contributed by atoms with Crippen LogP contribution in [0.4, 0.5) is 0 Å². The van der Waals surface area contributed by atoms with Crippen LogP contribution in [0.5, 0.6) is 0 Å². The Bertz CT molecular complexity index is 4750. The Labute approximate surface area is 481 Å². The number of benzene rings is 11. The second kappa shape index (κ2) is 21.9. The molecule has 0 N–H and O–H groups in total. The molecule has 0 spiro atoms. The Balaban J connectivity index is 1.31. The van der Waals surface area contributed by atoms with Crippen LogP contribution in [0, 0.1) is 123 Å². The molecule has 0 fully saturated rings. The fourth-order valence-corrected chi connectivity index (χ4v) is 11.5. The number of fused-ring (bicyclic) bond motifs is 2. The highest BCUT2D eigenvalue weighted by Crippen LogP contribution is 2.49. The van der Waals surface area contributed by atoms with E-state index in [0.717, 1.165) is 111 Å². The van der Waals surface area contributed by atoms with Crippen molar-refractivity contribution < 1.29 is 0 Å². The number of rotatable bonds is 8. The molecule has 0 amide bonds. The molecule has 0 aliphatic heterocycles. The Morgan fingerprint density at radius 2 is 0.476 bits per heavy atom. The summed E-state index contributed by atoms with van der Waals surface area (Å²) in [4.78, 5) is 0. The molecule has 0 bridgehead atoms. The summed E-state index contributed by atoms with van der Waals surface area (Å²) in [6.45, 7) is 0. The fraction of sp³-hybridized carbons (Fsp3) is 0. The summed E-state index contributed by atoms with van der Waals surface area (Å²) in [5.41, 5.74) is 19.5. The van der Waals surface area contributed by atoms with Gasteiger partial charge >= 0.3 is 0 Å². The highest BCUT2D eigenvalue weighted by molar-refractivity contribution is 6.22. The predicted octanol–water partition coefficient (Wildman–Crippen LogP) is 17.1. The third kappa shape index (κ3) is 8.69. The van der Waals surface area contributed by atoms with E-state index in [1.165, 1.54) is 0 Å². The Hall–Kier alpha value is -12.5. The second-order valence-electron chi connectivity index (χ2n) is 19.2. The van der Waals surface area contributed by atoms with E-state index in [2.05, 4.69) is 150 Å². The molecule has 0 atom stereocenters. The van der Waals surface area contributed by atoms with Crippen molar-refractivity contribution in [3.05, 3.63) is 250 Å². The van der Waals surface area contributed by atoms with Gasteiger partial charge in [-0.15, -0.1) is 64.2 Å². The maximum absolute atomic E-state index is 6.42. The zero-order valence-electron chi connectivity index (χ0n) is 44.2.